The van der Waals surface area contributed by atoms with E-state index in [4.69, 9.17) is 4.98 Å². The number of hydrogen-bond acceptors (Lipinski definition) is 3. The Labute approximate surface area is 130 Å². The van der Waals surface area contributed by atoms with Crippen LogP contribution in [0, 0.1) is 0 Å². The predicted molar refractivity (Wildman–Crippen MR) is 88.1 cm³/mol. The first-order valence-corrected chi connectivity index (χ1v) is 8.99. The van der Waals surface area contributed by atoms with Crippen LogP contribution in [0.15, 0.2) is 24.3 Å². The van der Waals surface area contributed by atoms with Crippen LogP contribution in [0.4, 0.5) is 0 Å². The molecule has 1 heterocycles. The summed E-state index contributed by atoms with van der Waals surface area (Å²) in [4.78, 5) is 6.53. The summed E-state index contributed by atoms with van der Waals surface area (Å²) in [6, 6.07) is 9.38. The molecule has 110 valence electrons. The monoisotopic (exact) mass is 298 g/mol. The second kappa shape index (κ2) is 5.54. The Morgan fingerprint density at radius 1 is 1.33 bits per heavy atom. The highest BCUT2D eigenvalue weighted by atomic mass is 32.1. The fourth-order valence-corrected chi connectivity index (χ4v) is 4.92. The third-order valence-electron chi connectivity index (χ3n) is 4.76. The highest BCUT2D eigenvalue weighted by Crippen LogP contribution is 2.44. The maximum Gasteiger partial charge on any atom is 0.101 e. The van der Waals surface area contributed by atoms with Crippen molar-refractivity contribution in [1.82, 2.24) is 10.3 Å². The van der Waals surface area contributed by atoms with Crippen molar-refractivity contribution in [2.75, 3.05) is 6.54 Å². The Morgan fingerprint density at radius 3 is 3.10 bits per heavy atom. The van der Waals surface area contributed by atoms with Crippen molar-refractivity contribution >= 4 is 11.3 Å². The zero-order valence-corrected chi connectivity index (χ0v) is 13.4. The lowest BCUT2D eigenvalue weighted by molar-refractivity contribution is 0.464. The molecule has 1 aromatic carbocycles. The van der Waals surface area contributed by atoms with Crippen LogP contribution < -0.4 is 5.32 Å². The van der Waals surface area contributed by atoms with Gasteiger partial charge in [0.1, 0.15) is 5.01 Å². The number of nitrogens with zero attached hydrogens (tertiary/aromatic N) is 1. The first-order chi connectivity index (χ1) is 10.4. The summed E-state index contributed by atoms with van der Waals surface area (Å²) in [7, 11) is 0. The molecule has 0 aliphatic heterocycles. The Hall–Kier alpha value is -1.19. The van der Waals surface area contributed by atoms with Crippen LogP contribution in [0.1, 0.15) is 64.9 Å². The first kappa shape index (κ1) is 13.5. The smallest absolute Gasteiger partial charge is 0.101 e. The minimum absolute atomic E-state index is 0.551. The summed E-state index contributed by atoms with van der Waals surface area (Å²) in [5.74, 6) is 0.559. The Bertz CT molecular complexity index is 646. The van der Waals surface area contributed by atoms with Gasteiger partial charge in [0.05, 0.1) is 5.69 Å². The van der Waals surface area contributed by atoms with E-state index in [0.29, 0.717) is 12.0 Å². The summed E-state index contributed by atoms with van der Waals surface area (Å²) < 4.78 is 0. The predicted octanol–water partition coefficient (Wildman–Crippen LogP) is 4.21. The van der Waals surface area contributed by atoms with Crippen molar-refractivity contribution in [3.8, 4) is 0 Å². The maximum atomic E-state index is 5.01. The molecule has 2 atom stereocenters. The van der Waals surface area contributed by atoms with Crippen LogP contribution >= 0.6 is 11.3 Å². The summed E-state index contributed by atoms with van der Waals surface area (Å²) in [6.45, 7) is 3.35. The number of aromatic nitrogens is 1. The number of rotatable bonds is 4. The lowest BCUT2D eigenvalue weighted by Crippen LogP contribution is -2.24. The molecule has 0 fully saturated rings. The van der Waals surface area contributed by atoms with Gasteiger partial charge in [-0.15, -0.1) is 11.3 Å². The van der Waals surface area contributed by atoms with Crippen molar-refractivity contribution in [2.24, 2.45) is 0 Å². The van der Waals surface area contributed by atoms with Crippen molar-refractivity contribution < 1.29 is 0 Å². The van der Waals surface area contributed by atoms with E-state index in [9.17, 15) is 0 Å². The summed E-state index contributed by atoms with van der Waals surface area (Å²) in [5.41, 5.74) is 4.39. The van der Waals surface area contributed by atoms with Gasteiger partial charge in [-0.25, -0.2) is 4.98 Å². The number of fused-ring (bicyclic) bond motifs is 2. The van der Waals surface area contributed by atoms with E-state index in [0.717, 1.165) is 6.54 Å². The molecule has 21 heavy (non-hydrogen) atoms. The second-order valence-electron chi connectivity index (χ2n) is 6.22. The maximum absolute atomic E-state index is 5.01. The summed E-state index contributed by atoms with van der Waals surface area (Å²) in [6.07, 6.45) is 6.10. The van der Waals surface area contributed by atoms with Gasteiger partial charge in [-0.1, -0.05) is 31.2 Å². The molecule has 0 saturated heterocycles. The molecule has 2 nitrogen and oxygen atoms in total. The summed E-state index contributed by atoms with van der Waals surface area (Å²) >= 11 is 1.97. The molecule has 2 aliphatic rings. The number of hydrogen-bond donors (Lipinski definition) is 1. The van der Waals surface area contributed by atoms with Crippen LogP contribution in [0.2, 0.25) is 0 Å². The van der Waals surface area contributed by atoms with E-state index in [1.807, 2.05) is 11.3 Å². The van der Waals surface area contributed by atoms with Crippen LogP contribution in [-0.2, 0) is 12.8 Å². The number of aryl methyl sites for hydroxylation is 1. The van der Waals surface area contributed by atoms with Crippen molar-refractivity contribution in [3.63, 3.8) is 0 Å². The van der Waals surface area contributed by atoms with Gasteiger partial charge in [0.15, 0.2) is 0 Å². The standard InChI is InChI=1S/C18H22N2S/c1-2-10-19-15-8-5-9-16-17(15)21-18(20-16)14-11-12-6-3-4-7-13(12)14/h3-4,6-7,14-15,19H,2,5,8-11H2,1H3. The average molecular weight is 298 g/mol. The molecule has 1 N–H and O–H groups in total. The van der Waals surface area contributed by atoms with Gasteiger partial charge in [0.2, 0.25) is 0 Å². The largest absolute Gasteiger partial charge is 0.309 e. The van der Waals surface area contributed by atoms with Crippen molar-refractivity contribution in [2.45, 2.75) is 51.0 Å². The third kappa shape index (κ3) is 2.33. The van der Waals surface area contributed by atoms with E-state index >= 15 is 0 Å². The van der Waals surface area contributed by atoms with E-state index in [-0.39, 0.29) is 0 Å². The lowest BCUT2D eigenvalue weighted by Gasteiger charge is -2.28. The molecule has 4 rings (SSSR count). The Balaban J connectivity index is 1.61. The molecule has 0 saturated carbocycles. The normalized spacial score (nSPS) is 23.3. The molecular formula is C18H22N2S. The molecule has 0 spiro atoms. The van der Waals surface area contributed by atoms with Crippen molar-refractivity contribution in [3.05, 3.63) is 51.0 Å². The molecular weight excluding hydrogens is 276 g/mol. The topological polar surface area (TPSA) is 24.9 Å². The van der Waals surface area contributed by atoms with Gasteiger partial charge in [0.25, 0.3) is 0 Å². The molecule has 2 aliphatic carbocycles. The number of thiazole rings is 1. The number of benzene rings is 1. The quantitative estimate of drug-likeness (QED) is 0.914. The molecule has 1 aromatic heterocycles. The van der Waals surface area contributed by atoms with E-state index in [1.165, 1.54) is 58.8 Å². The first-order valence-electron chi connectivity index (χ1n) is 8.17. The molecule has 2 aromatic rings. The van der Waals surface area contributed by atoms with Gasteiger partial charge in [-0.3, -0.25) is 0 Å². The number of nitrogens with one attached hydrogen (secondary N) is 1. The van der Waals surface area contributed by atoms with Gasteiger partial charge < -0.3 is 5.32 Å². The SMILES string of the molecule is CCCNC1CCCc2nc(C3Cc4ccccc43)sc21. The minimum Gasteiger partial charge on any atom is -0.309 e. The molecule has 2 unspecified atom stereocenters. The van der Waals surface area contributed by atoms with Gasteiger partial charge in [-0.2, -0.15) is 0 Å². The molecule has 3 heteroatoms. The van der Waals surface area contributed by atoms with Crippen LogP contribution in [0.25, 0.3) is 0 Å². The van der Waals surface area contributed by atoms with Gasteiger partial charge >= 0.3 is 0 Å². The highest BCUT2D eigenvalue weighted by Gasteiger charge is 2.32. The Morgan fingerprint density at radius 2 is 2.24 bits per heavy atom. The fourth-order valence-electron chi connectivity index (χ4n) is 3.58. The lowest BCUT2D eigenvalue weighted by atomic mass is 9.78. The van der Waals surface area contributed by atoms with E-state index in [2.05, 4.69) is 36.5 Å². The van der Waals surface area contributed by atoms with Gasteiger partial charge in [-0.05, 0) is 49.8 Å². The van der Waals surface area contributed by atoms with Gasteiger partial charge in [0, 0.05) is 16.8 Å². The zero-order valence-electron chi connectivity index (χ0n) is 12.6. The highest BCUT2D eigenvalue weighted by molar-refractivity contribution is 7.12. The van der Waals surface area contributed by atoms with Crippen LogP contribution in [0.3, 0.4) is 0 Å². The third-order valence-corrected chi connectivity index (χ3v) is 6.09. The van der Waals surface area contributed by atoms with E-state index < -0.39 is 0 Å². The van der Waals surface area contributed by atoms with Crippen molar-refractivity contribution in [1.29, 1.82) is 0 Å². The minimum atomic E-state index is 0.551. The molecule has 0 radical (unpaired) electrons. The zero-order chi connectivity index (χ0) is 14.2. The molecule has 0 bridgehead atoms. The summed E-state index contributed by atoms with van der Waals surface area (Å²) in [5, 5.41) is 5.06. The van der Waals surface area contributed by atoms with Crippen LogP contribution in [-0.4, -0.2) is 11.5 Å². The fraction of sp³-hybridized carbons (Fsp3) is 0.500. The second-order valence-corrected chi connectivity index (χ2v) is 7.28. The van der Waals surface area contributed by atoms with E-state index in [1.54, 1.807) is 0 Å². The Kier molecular flexibility index (Phi) is 3.56. The molecule has 0 amide bonds. The average Bonchev–Trinajstić information content (AvgIpc) is 2.90. The van der Waals surface area contributed by atoms with Crippen LogP contribution in [0.5, 0.6) is 0 Å².